The molecule has 0 bridgehead atoms. The van der Waals surface area contributed by atoms with Crippen LogP contribution in [0.15, 0.2) is 36.7 Å². The van der Waals surface area contributed by atoms with Gasteiger partial charge in [-0.3, -0.25) is 10.1 Å². The summed E-state index contributed by atoms with van der Waals surface area (Å²) in [6, 6.07) is 6.34. The Labute approximate surface area is 109 Å². The summed E-state index contributed by atoms with van der Waals surface area (Å²) in [5.41, 5.74) is 0.930. The van der Waals surface area contributed by atoms with Gasteiger partial charge in [0.1, 0.15) is 5.82 Å². The minimum Gasteiger partial charge on any atom is -0.481 e. The van der Waals surface area contributed by atoms with Crippen molar-refractivity contribution in [3.8, 4) is 5.88 Å². The first-order valence-corrected chi connectivity index (χ1v) is 5.52. The molecule has 0 saturated heterocycles. The Morgan fingerprint density at radius 1 is 1.37 bits per heavy atom. The third-order valence-electron chi connectivity index (χ3n) is 2.43. The largest absolute Gasteiger partial charge is 0.481 e. The van der Waals surface area contributed by atoms with Crippen LogP contribution in [0.2, 0.25) is 0 Å². The molecule has 2 rings (SSSR count). The van der Waals surface area contributed by atoms with Crippen molar-refractivity contribution in [2.75, 3.05) is 12.4 Å². The molecule has 2 heterocycles. The molecule has 0 spiro atoms. The van der Waals surface area contributed by atoms with Crippen LogP contribution in [0.1, 0.15) is 5.56 Å². The first kappa shape index (κ1) is 12.7. The fourth-order valence-corrected chi connectivity index (χ4v) is 1.46. The molecule has 0 amide bonds. The van der Waals surface area contributed by atoms with Gasteiger partial charge in [0.05, 0.1) is 18.1 Å². The van der Waals surface area contributed by atoms with Crippen LogP contribution in [0.5, 0.6) is 5.88 Å². The van der Waals surface area contributed by atoms with Crippen LogP contribution in [0.3, 0.4) is 0 Å². The van der Waals surface area contributed by atoms with Crippen molar-refractivity contribution >= 4 is 11.5 Å². The number of hydrogen-bond donors (Lipinski definition) is 1. The van der Waals surface area contributed by atoms with Crippen molar-refractivity contribution < 1.29 is 9.66 Å². The number of anilines is 1. The van der Waals surface area contributed by atoms with Gasteiger partial charge >= 0.3 is 0 Å². The molecule has 0 aromatic carbocycles. The van der Waals surface area contributed by atoms with Crippen molar-refractivity contribution in [2.45, 2.75) is 6.54 Å². The van der Waals surface area contributed by atoms with Gasteiger partial charge in [-0.15, -0.1) is 0 Å². The maximum absolute atomic E-state index is 10.6. The van der Waals surface area contributed by atoms with Gasteiger partial charge < -0.3 is 10.1 Å². The molecule has 0 atom stereocenters. The number of nitrogens with zero attached hydrogens (tertiary/aromatic N) is 3. The van der Waals surface area contributed by atoms with E-state index < -0.39 is 4.92 Å². The summed E-state index contributed by atoms with van der Waals surface area (Å²) in [6.07, 6.45) is 3.07. The number of aromatic nitrogens is 2. The van der Waals surface area contributed by atoms with Crippen LogP contribution in [0, 0.1) is 10.1 Å². The maximum atomic E-state index is 10.6. The molecule has 7 heteroatoms. The topological polar surface area (TPSA) is 90.2 Å². The lowest BCUT2D eigenvalue weighted by atomic mass is 10.3. The van der Waals surface area contributed by atoms with E-state index in [9.17, 15) is 10.1 Å². The number of nitro groups is 1. The van der Waals surface area contributed by atoms with E-state index >= 15 is 0 Å². The van der Waals surface area contributed by atoms with Crippen molar-refractivity contribution in [1.82, 2.24) is 9.97 Å². The van der Waals surface area contributed by atoms with E-state index in [1.54, 1.807) is 19.4 Å². The highest BCUT2D eigenvalue weighted by Crippen LogP contribution is 2.15. The molecule has 2 aromatic rings. The third-order valence-corrected chi connectivity index (χ3v) is 2.43. The Morgan fingerprint density at radius 3 is 2.84 bits per heavy atom. The number of methoxy groups -OCH3 is 1. The number of pyridine rings is 2. The SMILES string of the molecule is COc1ccc(CNc2cc([N+](=O)[O-])ccn2)cn1. The standard InChI is InChI=1S/C12H12N4O3/c1-19-12-3-2-9(8-15-12)7-14-11-6-10(16(17)18)4-5-13-11/h2-6,8H,7H2,1H3,(H,13,14). The third kappa shape index (κ3) is 3.38. The minimum absolute atomic E-state index is 0.00496. The maximum Gasteiger partial charge on any atom is 0.274 e. The van der Waals surface area contributed by atoms with E-state index in [1.807, 2.05) is 6.07 Å². The highest BCUT2D eigenvalue weighted by molar-refractivity contribution is 5.44. The van der Waals surface area contributed by atoms with E-state index in [0.717, 1.165) is 5.56 Å². The molecule has 0 aliphatic heterocycles. The van der Waals surface area contributed by atoms with Crippen molar-refractivity contribution in [1.29, 1.82) is 0 Å². The Kier molecular flexibility index (Phi) is 3.87. The number of hydrogen-bond acceptors (Lipinski definition) is 6. The summed E-state index contributed by atoms with van der Waals surface area (Å²) in [7, 11) is 1.55. The zero-order chi connectivity index (χ0) is 13.7. The first-order valence-electron chi connectivity index (χ1n) is 5.52. The van der Waals surface area contributed by atoms with Crippen LogP contribution in [0.4, 0.5) is 11.5 Å². The quantitative estimate of drug-likeness (QED) is 0.653. The lowest BCUT2D eigenvalue weighted by Gasteiger charge is -2.05. The Balaban J connectivity index is 2.01. The van der Waals surface area contributed by atoms with Crippen molar-refractivity contribution in [2.24, 2.45) is 0 Å². The van der Waals surface area contributed by atoms with Gasteiger partial charge in [0.25, 0.3) is 5.69 Å². The van der Waals surface area contributed by atoms with Gasteiger partial charge in [-0.25, -0.2) is 9.97 Å². The molecule has 19 heavy (non-hydrogen) atoms. The zero-order valence-electron chi connectivity index (χ0n) is 10.2. The smallest absolute Gasteiger partial charge is 0.274 e. The molecule has 0 aliphatic rings. The molecule has 1 N–H and O–H groups in total. The Bertz CT molecular complexity index is 571. The Hall–Kier alpha value is -2.70. The van der Waals surface area contributed by atoms with Crippen LogP contribution in [-0.4, -0.2) is 22.0 Å². The van der Waals surface area contributed by atoms with Crippen LogP contribution < -0.4 is 10.1 Å². The van der Waals surface area contributed by atoms with Gasteiger partial charge in [-0.2, -0.15) is 0 Å². The van der Waals surface area contributed by atoms with E-state index in [1.165, 1.54) is 18.3 Å². The number of nitrogens with one attached hydrogen (secondary N) is 1. The second-order valence-electron chi connectivity index (χ2n) is 3.72. The number of ether oxygens (including phenoxy) is 1. The average Bonchev–Trinajstić information content (AvgIpc) is 2.46. The lowest BCUT2D eigenvalue weighted by molar-refractivity contribution is -0.384. The second kappa shape index (κ2) is 5.76. The highest BCUT2D eigenvalue weighted by atomic mass is 16.6. The summed E-state index contributed by atoms with van der Waals surface area (Å²) in [5.74, 6) is 0.988. The fraction of sp³-hybridized carbons (Fsp3) is 0.167. The van der Waals surface area contributed by atoms with Crippen molar-refractivity contribution in [3.05, 3.63) is 52.3 Å². The van der Waals surface area contributed by atoms with Gasteiger partial charge in [0, 0.05) is 31.1 Å². The average molecular weight is 260 g/mol. The van der Waals surface area contributed by atoms with Gasteiger partial charge in [0.15, 0.2) is 0 Å². The zero-order valence-corrected chi connectivity index (χ0v) is 10.2. The molecular formula is C12H12N4O3. The fourth-order valence-electron chi connectivity index (χ4n) is 1.46. The van der Waals surface area contributed by atoms with Crippen molar-refractivity contribution in [3.63, 3.8) is 0 Å². The Morgan fingerprint density at radius 2 is 2.21 bits per heavy atom. The monoisotopic (exact) mass is 260 g/mol. The van der Waals surface area contributed by atoms with Crippen LogP contribution in [0.25, 0.3) is 0 Å². The van der Waals surface area contributed by atoms with Gasteiger partial charge in [-0.05, 0) is 5.56 Å². The summed E-state index contributed by atoms with van der Waals surface area (Å²) < 4.78 is 4.96. The predicted molar refractivity (Wildman–Crippen MR) is 69.0 cm³/mol. The van der Waals surface area contributed by atoms with E-state index in [4.69, 9.17) is 4.74 Å². The molecule has 0 aliphatic carbocycles. The highest BCUT2D eigenvalue weighted by Gasteiger charge is 2.06. The van der Waals surface area contributed by atoms with Gasteiger partial charge in [0.2, 0.25) is 5.88 Å². The molecule has 98 valence electrons. The van der Waals surface area contributed by atoms with E-state index in [2.05, 4.69) is 15.3 Å². The number of rotatable bonds is 5. The van der Waals surface area contributed by atoms with Gasteiger partial charge in [-0.1, -0.05) is 6.07 Å². The first-order chi connectivity index (χ1) is 9.19. The van der Waals surface area contributed by atoms with Crippen LogP contribution >= 0.6 is 0 Å². The van der Waals surface area contributed by atoms with E-state index in [-0.39, 0.29) is 5.69 Å². The summed E-state index contributed by atoms with van der Waals surface area (Å²) >= 11 is 0. The minimum atomic E-state index is -0.457. The van der Waals surface area contributed by atoms with Crippen LogP contribution in [-0.2, 0) is 6.54 Å². The molecular weight excluding hydrogens is 248 g/mol. The summed E-state index contributed by atoms with van der Waals surface area (Å²) in [4.78, 5) is 18.2. The molecule has 7 nitrogen and oxygen atoms in total. The summed E-state index contributed by atoms with van der Waals surface area (Å²) in [6.45, 7) is 0.477. The second-order valence-corrected chi connectivity index (χ2v) is 3.72. The lowest BCUT2D eigenvalue weighted by Crippen LogP contribution is -2.02. The molecule has 0 unspecified atom stereocenters. The normalized spacial score (nSPS) is 9.95. The van der Waals surface area contributed by atoms with E-state index in [0.29, 0.717) is 18.2 Å². The summed E-state index contributed by atoms with van der Waals surface area (Å²) in [5, 5.41) is 13.6. The molecule has 2 aromatic heterocycles. The predicted octanol–water partition coefficient (Wildman–Crippen LogP) is 2.01. The molecule has 0 radical (unpaired) electrons. The molecule has 0 saturated carbocycles. The molecule has 0 fully saturated rings.